The van der Waals surface area contributed by atoms with Gasteiger partial charge in [-0.15, -0.1) is 0 Å². The normalized spacial score (nSPS) is 14.8. The predicted octanol–water partition coefficient (Wildman–Crippen LogP) is 2.38. The molecule has 0 spiro atoms. The van der Waals surface area contributed by atoms with Crippen LogP contribution in [0.4, 0.5) is 0 Å². The number of aromatic nitrogens is 1. The average molecular weight is 243 g/mol. The van der Waals surface area contributed by atoms with Gasteiger partial charge in [0.2, 0.25) is 0 Å². The van der Waals surface area contributed by atoms with Gasteiger partial charge < -0.3 is 10.4 Å². The summed E-state index contributed by atoms with van der Waals surface area (Å²) in [6.07, 6.45) is 5.12. The first-order valence-corrected chi connectivity index (χ1v) is 5.94. The fourth-order valence-electron chi connectivity index (χ4n) is 1.64. The van der Waals surface area contributed by atoms with Crippen LogP contribution in [0, 0.1) is 0 Å². The topological polar surface area (TPSA) is 45.1 Å². The van der Waals surface area contributed by atoms with E-state index >= 15 is 0 Å². The summed E-state index contributed by atoms with van der Waals surface area (Å²) in [5, 5.41) is 13.8. The second-order valence-corrected chi connectivity index (χ2v) is 4.72. The highest BCUT2D eigenvalue weighted by Crippen LogP contribution is 2.14. The Bertz CT molecular complexity index is 329. The van der Waals surface area contributed by atoms with Gasteiger partial charge in [-0.05, 0) is 25.0 Å². The molecule has 90 valence electrons. The van der Waals surface area contributed by atoms with Crippen LogP contribution in [0.15, 0.2) is 18.5 Å². The molecule has 4 heteroatoms. The molecule has 0 aliphatic rings. The van der Waals surface area contributed by atoms with Crippen molar-refractivity contribution in [3.8, 4) is 0 Å². The van der Waals surface area contributed by atoms with E-state index in [1.165, 1.54) is 0 Å². The number of halogens is 1. The Morgan fingerprint density at radius 1 is 1.56 bits per heavy atom. The third-order valence-electron chi connectivity index (χ3n) is 2.47. The number of rotatable bonds is 6. The largest absolute Gasteiger partial charge is 0.389 e. The Morgan fingerprint density at radius 2 is 2.31 bits per heavy atom. The fraction of sp³-hybridized carbons (Fsp3) is 0.583. The first-order chi connectivity index (χ1) is 7.55. The Balaban J connectivity index is 2.39. The van der Waals surface area contributed by atoms with Crippen LogP contribution >= 0.6 is 11.6 Å². The van der Waals surface area contributed by atoms with Gasteiger partial charge in [-0.1, -0.05) is 24.9 Å². The lowest BCUT2D eigenvalue weighted by molar-refractivity contribution is 0.0498. The van der Waals surface area contributed by atoms with Crippen molar-refractivity contribution in [1.29, 1.82) is 0 Å². The summed E-state index contributed by atoms with van der Waals surface area (Å²) >= 11 is 5.97. The van der Waals surface area contributed by atoms with Crippen molar-refractivity contribution in [2.75, 3.05) is 6.54 Å². The molecule has 2 N–H and O–H groups in total. The summed E-state index contributed by atoms with van der Waals surface area (Å²) in [7, 11) is 0. The Labute approximate surface area is 102 Å². The molecule has 0 radical (unpaired) electrons. The summed E-state index contributed by atoms with van der Waals surface area (Å²) in [5.74, 6) is 0. The van der Waals surface area contributed by atoms with Gasteiger partial charge >= 0.3 is 0 Å². The van der Waals surface area contributed by atoms with Crippen LogP contribution in [-0.4, -0.2) is 22.2 Å². The van der Waals surface area contributed by atoms with E-state index in [4.69, 9.17) is 11.6 Å². The minimum atomic E-state index is -0.645. The summed E-state index contributed by atoms with van der Waals surface area (Å²) in [5.41, 5.74) is 0.359. The second kappa shape index (κ2) is 6.18. The Kier molecular flexibility index (Phi) is 5.19. The lowest BCUT2D eigenvalue weighted by Gasteiger charge is -2.23. The van der Waals surface area contributed by atoms with Gasteiger partial charge in [-0.25, -0.2) is 0 Å². The van der Waals surface area contributed by atoms with Crippen LogP contribution in [0.25, 0.3) is 0 Å². The lowest BCUT2D eigenvalue weighted by Crippen LogP contribution is -2.37. The van der Waals surface area contributed by atoms with Gasteiger partial charge in [0.15, 0.2) is 0 Å². The number of nitrogens with zero attached hydrogens (tertiary/aromatic N) is 1. The number of nitrogens with one attached hydrogen (secondary N) is 1. The molecule has 16 heavy (non-hydrogen) atoms. The molecule has 1 aromatic heterocycles. The molecule has 1 rings (SSSR count). The molecule has 0 saturated carbocycles. The number of hydrogen-bond acceptors (Lipinski definition) is 3. The van der Waals surface area contributed by atoms with Crippen molar-refractivity contribution >= 4 is 11.6 Å². The Hall–Kier alpha value is -0.640. The SMILES string of the molecule is CCCC(C)(O)CNCc1ccncc1Cl. The van der Waals surface area contributed by atoms with Crippen LogP contribution in [0.2, 0.25) is 5.02 Å². The Morgan fingerprint density at radius 3 is 2.94 bits per heavy atom. The van der Waals surface area contributed by atoms with Crippen molar-refractivity contribution < 1.29 is 5.11 Å². The lowest BCUT2D eigenvalue weighted by atomic mass is 10.0. The number of hydrogen-bond donors (Lipinski definition) is 2. The van der Waals surface area contributed by atoms with E-state index in [1.807, 2.05) is 13.0 Å². The van der Waals surface area contributed by atoms with E-state index in [0.717, 1.165) is 18.4 Å². The highest BCUT2D eigenvalue weighted by Gasteiger charge is 2.18. The molecule has 0 bridgehead atoms. The average Bonchev–Trinajstić information content (AvgIpc) is 2.20. The minimum Gasteiger partial charge on any atom is -0.389 e. The van der Waals surface area contributed by atoms with Crippen LogP contribution in [0.1, 0.15) is 32.3 Å². The van der Waals surface area contributed by atoms with E-state index < -0.39 is 5.60 Å². The van der Waals surface area contributed by atoms with Crippen LogP contribution in [0.5, 0.6) is 0 Å². The van der Waals surface area contributed by atoms with E-state index in [1.54, 1.807) is 12.4 Å². The van der Waals surface area contributed by atoms with Gasteiger partial charge in [-0.2, -0.15) is 0 Å². The van der Waals surface area contributed by atoms with E-state index in [-0.39, 0.29) is 0 Å². The number of aliphatic hydroxyl groups is 1. The molecule has 1 atom stereocenters. The molecule has 0 aliphatic heterocycles. The van der Waals surface area contributed by atoms with Crippen molar-refractivity contribution in [1.82, 2.24) is 10.3 Å². The molecule has 3 nitrogen and oxygen atoms in total. The van der Waals surface area contributed by atoms with Crippen molar-refractivity contribution in [3.05, 3.63) is 29.0 Å². The monoisotopic (exact) mass is 242 g/mol. The van der Waals surface area contributed by atoms with Crippen LogP contribution in [0.3, 0.4) is 0 Å². The van der Waals surface area contributed by atoms with Crippen LogP contribution < -0.4 is 5.32 Å². The van der Waals surface area contributed by atoms with Crippen molar-refractivity contribution in [2.24, 2.45) is 0 Å². The molecule has 0 aliphatic carbocycles. The van der Waals surface area contributed by atoms with E-state index in [0.29, 0.717) is 18.1 Å². The summed E-state index contributed by atoms with van der Waals surface area (Å²) < 4.78 is 0. The fourth-order valence-corrected chi connectivity index (χ4v) is 1.83. The quantitative estimate of drug-likeness (QED) is 0.805. The summed E-state index contributed by atoms with van der Waals surface area (Å²) in [6, 6.07) is 1.88. The molecule has 0 amide bonds. The van der Waals surface area contributed by atoms with Gasteiger partial charge in [0.05, 0.1) is 10.6 Å². The maximum absolute atomic E-state index is 9.95. The molecular formula is C12H19ClN2O. The van der Waals surface area contributed by atoms with Gasteiger partial charge in [-0.3, -0.25) is 4.98 Å². The number of pyridine rings is 1. The van der Waals surface area contributed by atoms with E-state index in [9.17, 15) is 5.11 Å². The predicted molar refractivity (Wildman–Crippen MR) is 66.5 cm³/mol. The van der Waals surface area contributed by atoms with Crippen LogP contribution in [-0.2, 0) is 6.54 Å². The molecule has 1 heterocycles. The van der Waals surface area contributed by atoms with Crippen molar-refractivity contribution in [3.63, 3.8) is 0 Å². The molecule has 0 aromatic carbocycles. The maximum atomic E-state index is 9.95. The zero-order chi connectivity index (χ0) is 12.0. The molecular weight excluding hydrogens is 224 g/mol. The maximum Gasteiger partial charge on any atom is 0.0743 e. The summed E-state index contributed by atoms with van der Waals surface area (Å²) in [6.45, 7) is 5.13. The minimum absolute atomic E-state index is 0.569. The first kappa shape index (κ1) is 13.4. The third kappa shape index (κ3) is 4.47. The highest BCUT2D eigenvalue weighted by atomic mass is 35.5. The molecule has 1 unspecified atom stereocenters. The van der Waals surface area contributed by atoms with Gasteiger partial charge in [0.25, 0.3) is 0 Å². The summed E-state index contributed by atoms with van der Waals surface area (Å²) in [4.78, 5) is 3.92. The highest BCUT2D eigenvalue weighted by molar-refractivity contribution is 6.31. The zero-order valence-electron chi connectivity index (χ0n) is 9.83. The second-order valence-electron chi connectivity index (χ2n) is 4.32. The standard InChI is InChI=1S/C12H19ClN2O/c1-3-5-12(2,16)9-15-7-10-4-6-14-8-11(10)13/h4,6,8,15-16H,3,5,7,9H2,1-2H3. The van der Waals surface area contributed by atoms with Gasteiger partial charge in [0.1, 0.15) is 0 Å². The smallest absolute Gasteiger partial charge is 0.0743 e. The molecule has 0 fully saturated rings. The first-order valence-electron chi connectivity index (χ1n) is 5.56. The zero-order valence-corrected chi connectivity index (χ0v) is 10.6. The third-order valence-corrected chi connectivity index (χ3v) is 2.81. The molecule has 1 aromatic rings. The van der Waals surface area contributed by atoms with Gasteiger partial charge in [0, 0.05) is 25.5 Å². The molecule has 0 saturated heterocycles. The van der Waals surface area contributed by atoms with E-state index in [2.05, 4.69) is 17.2 Å². The van der Waals surface area contributed by atoms with Crippen molar-refractivity contribution in [2.45, 2.75) is 38.8 Å².